The summed E-state index contributed by atoms with van der Waals surface area (Å²) in [5.74, 6) is -0.890. The lowest BCUT2D eigenvalue weighted by molar-refractivity contribution is -0.323. The van der Waals surface area contributed by atoms with Gasteiger partial charge in [0.1, 0.15) is 5.75 Å². The van der Waals surface area contributed by atoms with Crippen molar-refractivity contribution >= 4 is 17.6 Å². The average molecular weight is 304 g/mol. The highest BCUT2D eigenvalue weighted by atomic mass is 16.5. The molecule has 1 fully saturated rings. The molecule has 0 aromatic heterocycles. The van der Waals surface area contributed by atoms with Gasteiger partial charge in [-0.05, 0) is 42.5 Å². The molecule has 1 saturated carbocycles. The van der Waals surface area contributed by atoms with Crippen LogP contribution in [0.2, 0.25) is 0 Å². The molecule has 0 radical (unpaired) electrons. The van der Waals surface area contributed by atoms with E-state index in [1.807, 2.05) is 13.8 Å². The summed E-state index contributed by atoms with van der Waals surface area (Å²) >= 11 is 0. The second-order valence-electron chi connectivity index (χ2n) is 6.65. The number of methoxy groups -OCH3 is 1. The van der Waals surface area contributed by atoms with Crippen molar-refractivity contribution in [3.8, 4) is 5.75 Å². The van der Waals surface area contributed by atoms with Crippen LogP contribution in [0.15, 0.2) is 24.3 Å². The molecule has 22 heavy (non-hydrogen) atoms. The molecule has 1 aromatic carbocycles. The number of benzene rings is 1. The molecular formula is C17H22NO4-. The second kappa shape index (κ2) is 5.63. The van der Waals surface area contributed by atoms with Crippen LogP contribution in [-0.2, 0) is 9.59 Å². The number of carbonyl (C=O) groups is 2. The minimum Gasteiger partial charge on any atom is -0.550 e. The number of amides is 1. The fraction of sp³-hybridized carbons (Fsp3) is 0.529. The molecular weight excluding hydrogens is 282 g/mol. The molecule has 0 saturated heterocycles. The lowest BCUT2D eigenvalue weighted by atomic mass is 9.65. The van der Waals surface area contributed by atoms with E-state index in [1.165, 1.54) is 0 Å². The predicted octanol–water partition coefficient (Wildman–Crippen LogP) is 1.83. The molecule has 5 nitrogen and oxygen atoms in total. The Hall–Kier alpha value is -2.04. The topological polar surface area (TPSA) is 78.5 Å². The predicted molar refractivity (Wildman–Crippen MR) is 81.2 cm³/mol. The zero-order valence-corrected chi connectivity index (χ0v) is 13.4. The van der Waals surface area contributed by atoms with Crippen LogP contribution in [0.4, 0.5) is 5.69 Å². The number of carboxylic acid groups (broad SMARTS) is 1. The number of ether oxygens (including phenoxy) is 1. The molecule has 0 unspecified atom stereocenters. The van der Waals surface area contributed by atoms with Crippen LogP contribution in [0.1, 0.15) is 33.6 Å². The lowest BCUT2D eigenvalue weighted by Crippen LogP contribution is -2.49. The van der Waals surface area contributed by atoms with Crippen LogP contribution >= 0.6 is 0 Å². The monoisotopic (exact) mass is 304 g/mol. The first-order chi connectivity index (χ1) is 10.2. The van der Waals surface area contributed by atoms with E-state index in [-0.39, 0.29) is 11.8 Å². The van der Waals surface area contributed by atoms with Gasteiger partial charge < -0.3 is 20.0 Å². The van der Waals surface area contributed by atoms with E-state index in [0.717, 1.165) is 0 Å². The minimum absolute atomic E-state index is 0.153. The van der Waals surface area contributed by atoms with Crippen molar-refractivity contribution in [2.24, 2.45) is 16.7 Å². The average Bonchev–Trinajstić information content (AvgIpc) is 2.71. The zero-order valence-electron chi connectivity index (χ0n) is 13.4. The van der Waals surface area contributed by atoms with Gasteiger partial charge in [0.05, 0.1) is 7.11 Å². The third kappa shape index (κ3) is 2.56. The molecule has 1 aliphatic carbocycles. The van der Waals surface area contributed by atoms with Gasteiger partial charge in [0, 0.05) is 23.0 Å². The first-order valence-corrected chi connectivity index (χ1v) is 7.39. The third-order valence-corrected chi connectivity index (χ3v) is 5.35. The van der Waals surface area contributed by atoms with Crippen LogP contribution in [0.5, 0.6) is 5.75 Å². The van der Waals surface area contributed by atoms with E-state index in [0.29, 0.717) is 24.3 Å². The van der Waals surface area contributed by atoms with E-state index in [9.17, 15) is 14.7 Å². The fourth-order valence-corrected chi connectivity index (χ4v) is 3.23. The van der Waals surface area contributed by atoms with Crippen molar-refractivity contribution in [1.29, 1.82) is 0 Å². The summed E-state index contributed by atoms with van der Waals surface area (Å²) in [6.07, 6.45) is 0.989. The quantitative estimate of drug-likeness (QED) is 0.920. The number of hydrogen-bond acceptors (Lipinski definition) is 4. The highest BCUT2D eigenvalue weighted by Gasteiger charge is 2.54. The van der Waals surface area contributed by atoms with Crippen LogP contribution in [0.25, 0.3) is 0 Å². The number of rotatable bonds is 4. The SMILES string of the molecule is COc1ccc(NC(=O)[C@H]2CC[C@](C)(C(=O)[O-])C2(C)C)cc1. The summed E-state index contributed by atoms with van der Waals surface area (Å²) in [4.78, 5) is 24.0. The summed E-state index contributed by atoms with van der Waals surface area (Å²) in [6.45, 7) is 5.32. The van der Waals surface area contributed by atoms with E-state index in [2.05, 4.69) is 5.32 Å². The van der Waals surface area contributed by atoms with E-state index < -0.39 is 16.8 Å². The van der Waals surface area contributed by atoms with Crippen LogP contribution < -0.4 is 15.2 Å². The van der Waals surface area contributed by atoms with E-state index in [1.54, 1.807) is 38.3 Å². The van der Waals surface area contributed by atoms with Crippen LogP contribution in [-0.4, -0.2) is 19.0 Å². The molecule has 0 spiro atoms. The summed E-state index contributed by atoms with van der Waals surface area (Å²) in [5, 5.41) is 14.3. The second-order valence-corrected chi connectivity index (χ2v) is 6.65. The third-order valence-electron chi connectivity index (χ3n) is 5.35. The largest absolute Gasteiger partial charge is 0.550 e. The van der Waals surface area contributed by atoms with Crippen molar-refractivity contribution in [3.63, 3.8) is 0 Å². The van der Waals surface area contributed by atoms with Gasteiger partial charge in [0.15, 0.2) is 0 Å². The molecule has 0 aliphatic heterocycles. The Balaban J connectivity index is 2.14. The molecule has 1 aromatic rings. The van der Waals surface area contributed by atoms with Gasteiger partial charge in [-0.25, -0.2) is 0 Å². The van der Waals surface area contributed by atoms with Crippen LogP contribution in [0.3, 0.4) is 0 Å². The maximum atomic E-state index is 12.5. The molecule has 1 N–H and O–H groups in total. The zero-order chi connectivity index (χ0) is 16.5. The number of nitrogens with one attached hydrogen (secondary N) is 1. The molecule has 120 valence electrons. The Morgan fingerprint density at radius 3 is 2.27 bits per heavy atom. The first-order valence-electron chi connectivity index (χ1n) is 7.39. The van der Waals surface area contributed by atoms with Crippen molar-refractivity contribution in [3.05, 3.63) is 24.3 Å². The summed E-state index contributed by atoms with van der Waals surface area (Å²) in [6, 6.07) is 7.05. The summed E-state index contributed by atoms with van der Waals surface area (Å²) in [5.41, 5.74) is -0.985. The van der Waals surface area contributed by atoms with Crippen molar-refractivity contribution in [1.82, 2.24) is 0 Å². The highest BCUT2D eigenvalue weighted by molar-refractivity contribution is 5.94. The Morgan fingerprint density at radius 2 is 1.82 bits per heavy atom. The van der Waals surface area contributed by atoms with Crippen LogP contribution in [0, 0.1) is 16.7 Å². The Kier molecular flexibility index (Phi) is 4.18. The van der Waals surface area contributed by atoms with Gasteiger partial charge in [0.2, 0.25) is 5.91 Å². The molecule has 1 amide bonds. The number of aliphatic carboxylic acids is 1. The Bertz CT molecular complexity index is 579. The number of carbonyl (C=O) groups excluding carboxylic acids is 2. The Morgan fingerprint density at radius 1 is 1.23 bits per heavy atom. The summed E-state index contributed by atoms with van der Waals surface area (Å²) in [7, 11) is 1.58. The van der Waals surface area contributed by atoms with E-state index in [4.69, 9.17) is 4.74 Å². The standard InChI is InChI=1S/C17H23NO4/c1-16(2)13(9-10-17(16,3)15(20)21)14(19)18-11-5-7-12(22-4)8-6-11/h5-8,13H,9-10H2,1-4H3,(H,18,19)(H,20,21)/p-1/t13-,17-/m1/s1. The molecule has 0 heterocycles. The van der Waals surface area contributed by atoms with Gasteiger partial charge in [-0.2, -0.15) is 0 Å². The van der Waals surface area contributed by atoms with Gasteiger partial charge >= 0.3 is 0 Å². The smallest absolute Gasteiger partial charge is 0.228 e. The van der Waals surface area contributed by atoms with E-state index >= 15 is 0 Å². The fourth-order valence-electron chi connectivity index (χ4n) is 3.23. The maximum absolute atomic E-state index is 12.5. The molecule has 5 heteroatoms. The lowest BCUT2D eigenvalue weighted by Gasteiger charge is -2.41. The number of hydrogen-bond donors (Lipinski definition) is 1. The first kappa shape index (κ1) is 16.3. The maximum Gasteiger partial charge on any atom is 0.228 e. The van der Waals surface area contributed by atoms with Crippen molar-refractivity contribution < 1.29 is 19.4 Å². The molecule has 1 aliphatic rings. The highest BCUT2D eigenvalue weighted by Crippen LogP contribution is 2.55. The van der Waals surface area contributed by atoms with Crippen molar-refractivity contribution in [2.45, 2.75) is 33.6 Å². The minimum atomic E-state index is -1.09. The van der Waals surface area contributed by atoms with Gasteiger partial charge in [0.25, 0.3) is 0 Å². The molecule has 0 bridgehead atoms. The molecule has 2 rings (SSSR count). The van der Waals surface area contributed by atoms with Gasteiger partial charge in [-0.15, -0.1) is 0 Å². The molecule has 2 atom stereocenters. The number of anilines is 1. The van der Waals surface area contributed by atoms with Gasteiger partial charge in [-0.1, -0.05) is 20.8 Å². The normalized spacial score (nSPS) is 26.5. The van der Waals surface area contributed by atoms with Gasteiger partial charge in [-0.3, -0.25) is 4.79 Å². The Labute approximate surface area is 130 Å². The summed E-state index contributed by atoms with van der Waals surface area (Å²) < 4.78 is 5.08. The van der Waals surface area contributed by atoms with Crippen molar-refractivity contribution in [2.75, 3.05) is 12.4 Å². The number of carboxylic acids is 1.